The van der Waals surface area contributed by atoms with E-state index in [2.05, 4.69) is 32.9 Å². The second-order valence-corrected chi connectivity index (χ2v) is 9.39. The first-order chi connectivity index (χ1) is 13.9. The van der Waals surface area contributed by atoms with Crippen molar-refractivity contribution in [3.8, 4) is 0 Å². The van der Waals surface area contributed by atoms with Crippen LogP contribution in [0.3, 0.4) is 0 Å². The summed E-state index contributed by atoms with van der Waals surface area (Å²) >= 11 is 0. The van der Waals surface area contributed by atoms with Crippen molar-refractivity contribution in [2.45, 2.75) is 79.1 Å². The molecule has 4 aliphatic rings. The Kier molecular flexibility index (Phi) is 5.44. The topological polar surface area (TPSA) is 43.4 Å². The van der Waals surface area contributed by atoms with E-state index >= 15 is 0 Å². The van der Waals surface area contributed by atoms with Gasteiger partial charge in [0.1, 0.15) is 5.76 Å². The third-order valence-electron chi connectivity index (χ3n) is 7.86. The van der Waals surface area contributed by atoms with Crippen LogP contribution in [0, 0.1) is 23.2 Å². The van der Waals surface area contributed by atoms with Crippen LogP contribution in [0.15, 0.2) is 46.3 Å². The van der Waals surface area contributed by atoms with Crippen LogP contribution in [0.4, 0.5) is 0 Å². The molecule has 0 aromatic heterocycles. The number of esters is 1. The van der Waals surface area contributed by atoms with E-state index in [4.69, 9.17) is 4.74 Å². The number of hydrogen-bond acceptors (Lipinski definition) is 3. The first-order valence-electron chi connectivity index (χ1n) is 11.5. The fraction of sp³-hybridized carbons (Fsp3) is 0.615. The Hall–Kier alpha value is -1.90. The second-order valence-electron chi connectivity index (χ2n) is 9.39. The van der Waals surface area contributed by atoms with E-state index in [-0.39, 0.29) is 23.1 Å². The highest BCUT2D eigenvalue weighted by atomic mass is 16.5. The fourth-order valence-corrected chi connectivity index (χ4v) is 6.70. The van der Waals surface area contributed by atoms with Gasteiger partial charge in [-0.25, -0.2) is 4.79 Å². The molecule has 3 nitrogen and oxygen atoms in total. The van der Waals surface area contributed by atoms with Crippen LogP contribution >= 0.6 is 0 Å². The zero-order valence-electron chi connectivity index (χ0n) is 18.3. The number of ether oxygens (including phenoxy) is 1. The number of carbonyl (C=O) groups excluding carboxylic acids is 2. The number of carbonyl (C=O) groups is 2. The van der Waals surface area contributed by atoms with Crippen LogP contribution in [0.1, 0.15) is 79.1 Å². The van der Waals surface area contributed by atoms with E-state index in [1.807, 2.05) is 6.08 Å². The van der Waals surface area contributed by atoms with Gasteiger partial charge < -0.3 is 4.74 Å². The van der Waals surface area contributed by atoms with Crippen molar-refractivity contribution in [2.75, 3.05) is 0 Å². The molecule has 156 valence electrons. The standard InChI is InChI=1S/C26H34O3/c1-5-7-13-22-19-15-14-18-20(10-6-2)26(4,24(18)23(19)25(28)29-22)21-12-9-8-11-17(21)16(3)27/h8,11,13,18,20,24H,5-7,9-10,12,14-15H2,1-4H3/b22-13-. The number of allylic oxidation sites excluding steroid dienone is 6. The Morgan fingerprint density at radius 3 is 2.76 bits per heavy atom. The Morgan fingerprint density at radius 2 is 2.07 bits per heavy atom. The predicted molar refractivity (Wildman–Crippen MR) is 115 cm³/mol. The van der Waals surface area contributed by atoms with Crippen molar-refractivity contribution < 1.29 is 14.3 Å². The van der Waals surface area contributed by atoms with Gasteiger partial charge in [-0.05, 0) is 68.8 Å². The fourth-order valence-electron chi connectivity index (χ4n) is 6.70. The van der Waals surface area contributed by atoms with E-state index in [1.165, 1.54) is 5.57 Å². The molecule has 0 aromatic rings. The minimum Gasteiger partial charge on any atom is -0.423 e. The van der Waals surface area contributed by atoms with E-state index in [0.29, 0.717) is 11.8 Å². The molecule has 1 fully saturated rings. The van der Waals surface area contributed by atoms with Crippen LogP contribution in [-0.2, 0) is 14.3 Å². The maximum Gasteiger partial charge on any atom is 0.340 e. The Bertz CT molecular complexity index is 853. The van der Waals surface area contributed by atoms with Crippen molar-refractivity contribution in [1.29, 1.82) is 0 Å². The molecule has 0 bridgehead atoms. The highest BCUT2D eigenvalue weighted by Crippen LogP contribution is 2.69. The number of unbranched alkanes of at least 4 members (excludes halogenated alkanes) is 1. The van der Waals surface area contributed by atoms with E-state index in [9.17, 15) is 9.59 Å². The lowest BCUT2D eigenvalue weighted by molar-refractivity contribution is -0.138. The number of cyclic esters (lactones) is 1. The highest BCUT2D eigenvalue weighted by Gasteiger charge is 2.64. The normalized spacial score (nSPS) is 34.8. The summed E-state index contributed by atoms with van der Waals surface area (Å²) in [5.41, 5.74) is 4.15. The third-order valence-corrected chi connectivity index (χ3v) is 7.86. The van der Waals surface area contributed by atoms with Gasteiger partial charge in [0, 0.05) is 22.6 Å². The molecule has 0 amide bonds. The van der Waals surface area contributed by atoms with Gasteiger partial charge in [-0.15, -0.1) is 0 Å². The van der Waals surface area contributed by atoms with Crippen LogP contribution in [0.2, 0.25) is 0 Å². The number of rotatable bonds is 6. The average Bonchev–Trinajstić information content (AvgIpc) is 3.04. The van der Waals surface area contributed by atoms with Crippen LogP contribution < -0.4 is 0 Å². The van der Waals surface area contributed by atoms with Gasteiger partial charge in [0.15, 0.2) is 5.78 Å². The molecular formula is C26H34O3. The summed E-state index contributed by atoms with van der Waals surface area (Å²) < 4.78 is 5.76. The third kappa shape index (κ3) is 3.00. The van der Waals surface area contributed by atoms with Crippen LogP contribution in [-0.4, -0.2) is 11.8 Å². The number of ketones is 1. The van der Waals surface area contributed by atoms with Crippen molar-refractivity contribution in [3.63, 3.8) is 0 Å². The number of hydrogen-bond donors (Lipinski definition) is 0. The maximum atomic E-state index is 13.0. The Morgan fingerprint density at radius 1 is 1.28 bits per heavy atom. The van der Waals surface area contributed by atoms with E-state index in [0.717, 1.165) is 73.8 Å². The monoisotopic (exact) mass is 394 g/mol. The molecule has 4 atom stereocenters. The Labute approximate surface area is 175 Å². The second kappa shape index (κ2) is 7.74. The lowest BCUT2D eigenvalue weighted by Crippen LogP contribution is -2.59. The van der Waals surface area contributed by atoms with Crippen molar-refractivity contribution >= 4 is 11.8 Å². The summed E-state index contributed by atoms with van der Waals surface area (Å²) in [6.07, 6.45) is 14.5. The predicted octanol–water partition coefficient (Wildman–Crippen LogP) is 6.22. The summed E-state index contributed by atoms with van der Waals surface area (Å²) in [6.45, 7) is 8.41. The van der Waals surface area contributed by atoms with Crippen LogP contribution in [0.5, 0.6) is 0 Å². The minimum absolute atomic E-state index is 0.118. The average molecular weight is 395 g/mol. The van der Waals surface area contributed by atoms with Gasteiger partial charge in [-0.3, -0.25) is 4.79 Å². The van der Waals surface area contributed by atoms with Crippen molar-refractivity contribution in [3.05, 3.63) is 46.3 Å². The van der Waals surface area contributed by atoms with Gasteiger partial charge in [-0.2, -0.15) is 0 Å². The summed E-state index contributed by atoms with van der Waals surface area (Å²) in [6, 6.07) is 0. The largest absolute Gasteiger partial charge is 0.423 e. The smallest absolute Gasteiger partial charge is 0.340 e. The van der Waals surface area contributed by atoms with Crippen molar-refractivity contribution in [2.24, 2.45) is 23.2 Å². The minimum atomic E-state index is -0.130. The molecule has 4 unspecified atom stereocenters. The van der Waals surface area contributed by atoms with Gasteiger partial charge in [0.2, 0.25) is 0 Å². The van der Waals surface area contributed by atoms with Gasteiger partial charge >= 0.3 is 5.97 Å². The first kappa shape index (κ1) is 20.4. The SMILES string of the molecule is CCC/C=C1\OC(=O)C2=C1CCC1C(CCC)C(C)(C3=C(C(C)=O)C=CCC3)C21. The molecule has 1 heterocycles. The molecule has 3 aliphatic carbocycles. The van der Waals surface area contributed by atoms with Gasteiger partial charge in [0.05, 0.1) is 0 Å². The molecule has 0 saturated heterocycles. The molecule has 0 spiro atoms. The van der Waals surface area contributed by atoms with E-state index in [1.54, 1.807) is 6.92 Å². The quantitative estimate of drug-likeness (QED) is 0.502. The number of Topliss-reactive ketones (excluding diaryl/α,β-unsaturated/α-hetero) is 1. The molecule has 1 aliphatic heterocycles. The molecular weight excluding hydrogens is 360 g/mol. The maximum absolute atomic E-state index is 13.0. The summed E-state index contributed by atoms with van der Waals surface area (Å²) in [4.78, 5) is 25.5. The molecule has 0 aromatic carbocycles. The molecule has 1 saturated carbocycles. The van der Waals surface area contributed by atoms with Gasteiger partial charge in [0.25, 0.3) is 0 Å². The van der Waals surface area contributed by atoms with Crippen LogP contribution in [0.25, 0.3) is 0 Å². The van der Waals surface area contributed by atoms with Crippen molar-refractivity contribution in [1.82, 2.24) is 0 Å². The highest BCUT2D eigenvalue weighted by molar-refractivity contribution is 5.98. The zero-order valence-corrected chi connectivity index (χ0v) is 18.3. The lowest BCUT2D eigenvalue weighted by atomic mass is 9.39. The van der Waals surface area contributed by atoms with Gasteiger partial charge in [-0.1, -0.05) is 51.3 Å². The summed E-state index contributed by atoms with van der Waals surface area (Å²) in [7, 11) is 0. The molecule has 0 radical (unpaired) electrons. The molecule has 4 rings (SSSR count). The Balaban J connectivity index is 1.83. The molecule has 29 heavy (non-hydrogen) atoms. The number of fused-ring (bicyclic) bond motifs is 2. The molecule has 3 heteroatoms. The zero-order chi connectivity index (χ0) is 20.8. The summed E-state index contributed by atoms with van der Waals surface area (Å²) in [5, 5.41) is 0. The van der Waals surface area contributed by atoms with E-state index < -0.39 is 0 Å². The summed E-state index contributed by atoms with van der Waals surface area (Å²) in [5.74, 6) is 2.10. The lowest BCUT2D eigenvalue weighted by Gasteiger charge is -2.64. The first-order valence-corrected chi connectivity index (χ1v) is 11.5. The molecule has 0 N–H and O–H groups in total.